The van der Waals surface area contributed by atoms with Gasteiger partial charge in [0, 0.05) is 16.6 Å². The predicted molar refractivity (Wildman–Crippen MR) is 86.7 cm³/mol. The minimum atomic E-state index is -3.14. The van der Waals surface area contributed by atoms with Crippen LogP contribution in [0.5, 0.6) is 0 Å². The van der Waals surface area contributed by atoms with Crippen molar-refractivity contribution in [2.24, 2.45) is 16.3 Å². The van der Waals surface area contributed by atoms with Crippen molar-refractivity contribution in [3.05, 3.63) is 24.3 Å². The van der Waals surface area contributed by atoms with Crippen LogP contribution in [0, 0.1) is 5.41 Å². The van der Waals surface area contributed by atoms with E-state index < -0.39 is 9.84 Å². The van der Waals surface area contributed by atoms with E-state index >= 15 is 0 Å². The molecule has 0 aliphatic rings. The maximum Gasteiger partial charge on any atom is 0.175 e. The third-order valence-corrected chi connectivity index (χ3v) is 5.49. The lowest BCUT2D eigenvalue weighted by molar-refractivity contribution is 0.305. The zero-order valence-corrected chi connectivity index (χ0v) is 14.2. The smallest absolute Gasteiger partial charge is 0.175 e. The Bertz CT molecular complexity index is 593. The number of thioether (sulfide) groups is 1. The summed E-state index contributed by atoms with van der Waals surface area (Å²) in [5.74, 6) is 1.13. The number of sulfone groups is 1. The molecule has 0 aliphatic heterocycles. The number of benzene rings is 1. The Kier molecular flexibility index (Phi) is 6.10. The largest absolute Gasteiger partial charge is 0.409 e. The molecule has 0 atom stereocenters. The van der Waals surface area contributed by atoms with Crippen LogP contribution in [-0.4, -0.2) is 31.5 Å². The number of hydrogen-bond donors (Lipinski definition) is 2. The highest BCUT2D eigenvalue weighted by Gasteiger charge is 2.22. The fraction of sp³-hybridized carbons (Fsp3) is 0.500. The van der Waals surface area contributed by atoms with Crippen molar-refractivity contribution in [1.82, 2.24) is 0 Å². The Labute approximate surface area is 130 Å². The molecule has 0 radical (unpaired) electrons. The fourth-order valence-electron chi connectivity index (χ4n) is 1.75. The molecule has 118 valence electrons. The van der Waals surface area contributed by atoms with E-state index in [9.17, 15) is 8.42 Å². The Morgan fingerprint density at radius 1 is 1.33 bits per heavy atom. The normalized spacial score (nSPS) is 13.4. The molecule has 0 aliphatic carbocycles. The standard InChI is InChI=1S/C14H22N2O3S2/c1-14(2,13(15)16-17)9-4-10-20-11-5-7-12(8-6-11)21(3,18)19/h5-8,17H,4,9-10H2,1-3H3,(H2,15,16). The summed E-state index contributed by atoms with van der Waals surface area (Å²) in [6.45, 7) is 3.88. The molecule has 1 rings (SSSR count). The highest BCUT2D eigenvalue weighted by Crippen LogP contribution is 2.26. The molecule has 3 N–H and O–H groups in total. The summed E-state index contributed by atoms with van der Waals surface area (Å²) >= 11 is 1.66. The van der Waals surface area contributed by atoms with E-state index in [1.165, 1.54) is 6.26 Å². The fourth-order valence-corrected chi connectivity index (χ4v) is 3.23. The van der Waals surface area contributed by atoms with Crippen LogP contribution in [0.3, 0.4) is 0 Å². The summed E-state index contributed by atoms with van der Waals surface area (Å²) in [6.07, 6.45) is 2.93. The lowest BCUT2D eigenvalue weighted by Gasteiger charge is -2.22. The number of rotatable bonds is 7. The summed E-state index contributed by atoms with van der Waals surface area (Å²) in [7, 11) is -3.14. The van der Waals surface area contributed by atoms with Crippen molar-refractivity contribution in [2.75, 3.05) is 12.0 Å². The zero-order valence-electron chi connectivity index (χ0n) is 12.5. The minimum Gasteiger partial charge on any atom is -0.409 e. The monoisotopic (exact) mass is 330 g/mol. The Morgan fingerprint density at radius 2 is 1.90 bits per heavy atom. The van der Waals surface area contributed by atoms with Gasteiger partial charge in [-0.3, -0.25) is 0 Å². The van der Waals surface area contributed by atoms with Gasteiger partial charge >= 0.3 is 0 Å². The highest BCUT2D eigenvalue weighted by atomic mass is 32.2. The molecule has 1 aromatic rings. The summed E-state index contributed by atoms with van der Waals surface area (Å²) in [6, 6.07) is 6.88. The number of nitrogens with two attached hydrogens (primary N) is 1. The van der Waals surface area contributed by atoms with Crippen molar-refractivity contribution in [2.45, 2.75) is 36.5 Å². The second-order valence-corrected chi connectivity index (χ2v) is 8.75. The molecule has 0 saturated heterocycles. The van der Waals surface area contributed by atoms with E-state index in [-0.39, 0.29) is 11.3 Å². The van der Waals surface area contributed by atoms with Crippen LogP contribution < -0.4 is 5.73 Å². The maximum absolute atomic E-state index is 11.4. The average molecular weight is 330 g/mol. The van der Waals surface area contributed by atoms with E-state index in [0.717, 1.165) is 23.5 Å². The van der Waals surface area contributed by atoms with Gasteiger partial charge in [-0.15, -0.1) is 11.8 Å². The summed E-state index contributed by atoms with van der Waals surface area (Å²) in [5.41, 5.74) is 5.31. The van der Waals surface area contributed by atoms with Gasteiger partial charge in [-0.25, -0.2) is 8.42 Å². The second-order valence-electron chi connectivity index (χ2n) is 5.56. The van der Waals surface area contributed by atoms with Crippen LogP contribution in [0.15, 0.2) is 39.2 Å². The molecule has 0 unspecified atom stereocenters. The molecule has 1 aromatic carbocycles. The van der Waals surface area contributed by atoms with Crippen molar-refractivity contribution >= 4 is 27.4 Å². The summed E-state index contributed by atoms with van der Waals surface area (Å²) in [4.78, 5) is 1.36. The zero-order chi connectivity index (χ0) is 16.1. The van der Waals surface area contributed by atoms with E-state index in [2.05, 4.69) is 5.16 Å². The predicted octanol–water partition coefficient (Wildman–Crippen LogP) is 2.73. The first kappa shape index (κ1) is 17.8. The summed E-state index contributed by atoms with van der Waals surface area (Å²) < 4.78 is 22.7. The van der Waals surface area contributed by atoms with Crippen molar-refractivity contribution in [3.8, 4) is 0 Å². The molecule has 0 fully saturated rings. The molecule has 0 aromatic heterocycles. The first-order valence-electron chi connectivity index (χ1n) is 6.58. The van der Waals surface area contributed by atoms with E-state index in [4.69, 9.17) is 10.9 Å². The van der Waals surface area contributed by atoms with Gasteiger partial charge in [0.1, 0.15) is 5.84 Å². The number of nitrogens with zero attached hydrogens (tertiary/aromatic N) is 1. The van der Waals surface area contributed by atoms with Crippen molar-refractivity contribution in [3.63, 3.8) is 0 Å². The molecule has 7 heteroatoms. The van der Waals surface area contributed by atoms with Gasteiger partial charge < -0.3 is 10.9 Å². The van der Waals surface area contributed by atoms with Gasteiger partial charge in [0.25, 0.3) is 0 Å². The first-order valence-corrected chi connectivity index (χ1v) is 9.45. The molecular formula is C14H22N2O3S2. The SMILES string of the molecule is CC(C)(CCCSc1ccc(S(C)(=O)=O)cc1)C(N)=NO. The Morgan fingerprint density at radius 3 is 2.38 bits per heavy atom. The molecule has 0 amide bonds. The van der Waals surface area contributed by atoms with Gasteiger partial charge in [-0.2, -0.15) is 0 Å². The van der Waals surface area contributed by atoms with Crippen molar-refractivity contribution in [1.29, 1.82) is 0 Å². The van der Waals surface area contributed by atoms with Crippen LogP contribution in [0.2, 0.25) is 0 Å². The maximum atomic E-state index is 11.4. The van der Waals surface area contributed by atoms with Crippen LogP contribution in [0.4, 0.5) is 0 Å². The number of oxime groups is 1. The third-order valence-electron chi connectivity index (χ3n) is 3.27. The Hall–Kier alpha value is -1.21. The Balaban J connectivity index is 2.47. The summed E-state index contributed by atoms with van der Waals surface area (Å²) in [5, 5.41) is 11.8. The van der Waals surface area contributed by atoms with Gasteiger partial charge in [0.15, 0.2) is 9.84 Å². The van der Waals surface area contributed by atoms with Gasteiger partial charge in [0.05, 0.1) is 4.90 Å². The topological polar surface area (TPSA) is 92.8 Å². The molecule has 5 nitrogen and oxygen atoms in total. The van der Waals surface area contributed by atoms with Crippen LogP contribution >= 0.6 is 11.8 Å². The highest BCUT2D eigenvalue weighted by molar-refractivity contribution is 7.99. The first-order chi connectivity index (χ1) is 9.66. The third kappa shape index (κ3) is 5.59. The van der Waals surface area contributed by atoms with Crippen LogP contribution in [-0.2, 0) is 9.84 Å². The van der Waals surface area contributed by atoms with Crippen LogP contribution in [0.25, 0.3) is 0 Å². The molecule has 0 heterocycles. The molecule has 21 heavy (non-hydrogen) atoms. The lowest BCUT2D eigenvalue weighted by Crippen LogP contribution is -2.31. The molecule has 0 bridgehead atoms. The van der Waals surface area contributed by atoms with Crippen molar-refractivity contribution < 1.29 is 13.6 Å². The number of amidine groups is 1. The van der Waals surface area contributed by atoms with Gasteiger partial charge in [0.2, 0.25) is 0 Å². The lowest BCUT2D eigenvalue weighted by atomic mass is 9.87. The molecule has 0 spiro atoms. The molecular weight excluding hydrogens is 308 g/mol. The number of hydrogen-bond acceptors (Lipinski definition) is 5. The second kappa shape index (κ2) is 7.17. The van der Waals surface area contributed by atoms with E-state index in [1.54, 1.807) is 23.9 Å². The molecule has 0 saturated carbocycles. The van der Waals surface area contributed by atoms with Crippen LogP contribution in [0.1, 0.15) is 26.7 Å². The average Bonchev–Trinajstić information content (AvgIpc) is 2.42. The van der Waals surface area contributed by atoms with E-state index in [0.29, 0.717) is 4.90 Å². The van der Waals surface area contributed by atoms with E-state index in [1.807, 2.05) is 26.0 Å². The van der Waals surface area contributed by atoms with Gasteiger partial charge in [-0.05, 0) is 42.9 Å². The quantitative estimate of drug-likeness (QED) is 0.200. The minimum absolute atomic E-state index is 0.241. The van der Waals surface area contributed by atoms with Gasteiger partial charge in [-0.1, -0.05) is 19.0 Å².